The molecule has 1 atom stereocenters. The largest absolute Gasteiger partial charge is 0.386 e. The molecule has 6 heteroatoms. The number of aliphatic hydroxyl groups excluding tert-OH is 1. The Kier molecular flexibility index (Phi) is 5.38. The molecule has 1 aliphatic heterocycles. The normalized spacial score (nSPS) is 16.4. The molecule has 0 aliphatic carbocycles. The third-order valence-electron chi connectivity index (χ3n) is 4.98. The lowest BCUT2D eigenvalue weighted by Gasteiger charge is -2.35. The fourth-order valence-corrected chi connectivity index (χ4v) is 4.12. The van der Waals surface area contributed by atoms with Crippen molar-refractivity contribution in [3.05, 3.63) is 76.7 Å². The van der Waals surface area contributed by atoms with Crippen LogP contribution in [-0.4, -0.2) is 58.1 Å². The van der Waals surface area contributed by atoms with E-state index in [1.165, 1.54) is 0 Å². The van der Waals surface area contributed by atoms with E-state index in [-0.39, 0.29) is 5.91 Å². The molecule has 3 heterocycles. The first-order valence-corrected chi connectivity index (χ1v) is 10.1. The maximum Gasteiger partial charge on any atom is 0.253 e. The van der Waals surface area contributed by atoms with Gasteiger partial charge >= 0.3 is 0 Å². The van der Waals surface area contributed by atoms with Gasteiger partial charge in [-0.05, 0) is 47.8 Å². The van der Waals surface area contributed by atoms with E-state index in [1.54, 1.807) is 11.3 Å². The van der Waals surface area contributed by atoms with Gasteiger partial charge in [-0.15, -0.1) is 11.3 Å². The zero-order chi connectivity index (χ0) is 18.6. The van der Waals surface area contributed by atoms with Crippen LogP contribution in [0.15, 0.2) is 66.3 Å². The molecule has 2 aromatic heterocycles. The summed E-state index contributed by atoms with van der Waals surface area (Å²) in [6.45, 7) is 3.57. The summed E-state index contributed by atoms with van der Waals surface area (Å²) in [7, 11) is 0. The molecular formula is C21H23N3O2S. The van der Waals surface area contributed by atoms with Crippen LogP contribution in [0.2, 0.25) is 0 Å². The van der Waals surface area contributed by atoms with Crippen LogP contribution in [-0.2, 0) is 0 Å². The van der Waals surface area contributed by atoms with Gasteiger partial charge in [-0.3, -0.25) is 9.69 Å². The van der Waals surface area contributed by atoms with Crippen LogP contribution in [0.1, 0.15) is 21.3 Å². The molecule has 140 valence electrons. The Morgan fingerprint density at radius 2 is 1.70 bits per heavy atom. The lowest BCUT2D eigenvalue weighted by molar-refractivity contribution is 0.0533. The molecule has 1 unspecified atom stereocenters. The van der Waals surface area contributed by atoms with E-state index in [0.717, 1.165) is 29.2 Å². The monoisotopic (exact) mass is 381 g/mol. The van der Waals surface area contributed by atoms with Gasteiger partial charge in [0.05, 0.1) is 0 Å². The van der Waals surface area contributed by atoms with Crippen LogP contribution in [0, 0.1) is 0 Å². The van der Waals surface area contributed by atoms with Gasteiger partial charge in [0.1, 0.15) is 6.10 Å². The highest BCUT2D eigenvalue weighted by Crippen LogP contribution is 2.20. The van der Waals surface area contributed by atoms with Crippen molar-refractivity contribution in [2.45, 2.75) is 6.10 Å². The Labute approximate surface area is 163 Å². The molecule has 1 aromatic carbocycles. The summed E-state index contributed by atoms with van der Waals surface area (Å²) in [4.78, 5) is 17.9. The van der Waals surface area contributed by atoms with Crippen LogP contribution in [0.4, 0.5) is 0 Å². The van der Waals surface area contributed by atoms with Crippen molar-refractivity contribution in [3.63, 3.8) is 0 Å². The van der Waals surface area contributed by atoms with Gasteiger partial charge in [-0.1, -0.05) is 6.07 Å². The van der Waals surface area contributed by atoms with Crippen molar-refractivity contribution in [2.24, 2.45) is 0 Å². The molecule has 4 rings (SSSR count). The van der Waals surface area contributed by atoms with Crippen LogP contribution in [0.5, 0.6) is 0 Å². The average Bonchev–Trinajstić information content (AvgIpc) is 3.42. The molecule has 1 saturated heterocycles. The maximum atomic E-state index is 12.8. The predicted molar refractivity (Wildman–Crippen MR) is 107 cm³/mol. The number of carbonyl (C=O) groups is 1. The second kappa shape index (κ2) is 8.08. The first-order chi connectivity index (χ1) is 13.2. The summed E-state index contributed by atoms with van der Waals surface area (Å²) in [6, 6.07) is 15.6. The number of aliphatic hydroxyl groups is 1. The van der Waals surface area contributed by atoms with Crippen molar-refractivity contribution in [1.29, 1.82) is 0 Å². The van der Waals surface area contributed by atoms with E-state index < -0.39 is 6.10 Å². The molecule has 5 nitrogen and oxygen atoms in total. The zero-order valence-corrected chi connectivity index (χ0v) is 15.9. The summed E-state index contributed by atoms with van der Waals surface area (Å²) >= 11 is 1.58. The number of hydrogen-bond donors (Lipinski definition) is 1. The smallest absolute Gasteiger partial charge is 0.253 e. The Hall–Kier alpha value is -2.41. The van der Waals surface area contributed by atoms with Crippen LogP contribution < -0.4 is 0 Å². The van der Waals surface area contributed by atoms with Crippen molar-refractivity contribution >= 4 is 17.2 Å². The van der Waals surface area contributed by atoms with E-state index in [9.17, 15) is 9.90 Å². The minimum absolute atomic E-state index is 0.0764. The van der Waals surface area contributed by atoms with E-state index in [1.807, 2.05) is 75.8 Å². The quantitative estimate of drug-likeness (QED) is 0.739. The molecule has 3 aromatic rings. The lowest BCUT2D eigenvalue weighted by Crippen LogP contribution is -2.49. The van der Waals surface area contributed by atoms with Gasteiger partial charge in [0.15, 0.2) is 0 Å². The average molecular weight is 382 g/mol. The number of benzene rings is 1. The van der Waals surface area contributed by atoms with Crippen molar-refractivity contribution in [1.82, 2.24) is 14.4 Å². The second-order valence-corrected chi connectivity index (χ2v) is 7.74. The number of piperazine rings is 1. The molecule has 1 amide bonds. The highest BCUT2D eigenvalue weighted by atomic mass is 32.1. The molecule has 1 fully saturated rings. The number of aromatic nitrogens is 1. The Morgan fingerprint density at radius 1 is 1.00 bits per heavy atom. The highest BCUT2D eigenvalue weighted by molar-refractivity contribution is 7.10. The number of amides is 1. The summed E-state index contributed by atoms with van der Waals surface area (Å²) in [6.07, 6.45) is 3.52. The number of thiophene rings is 1. The van der Waals surface area contributed by atoms with Crippen LogP contribution in [0.3, 0.4) is 0 Å². The molecule has 0 bridgehead atoms. The molecule has 0 spiro atoms. The lowest BCUT2D eigenvalue weighted by atomic mass is 10.1. The second-order valence-electron chi connectivity index (χ2n) is 6.76. The number of β-amino-alcohol motifs (C(OH)–C–C–N with tert-alkyl or cyclic N) is 1. The van der Waals surface area contributed by atoms with Crippen LogP contribution >= 0.6 is 11.3 Å². The predicted octanol–water partition coefficient (Wildman–Crippen LogP) is 3.03. The first-order valence-electron chi connectivity index (χ1n) is 9.17. The molecule has 0 saturated carbocycles. The van der Waals surface area contributed by atoms with E-state index in [4.69, 9.17) is 0 Å². The summed E-state index contributed by atoms with van der Waals surface area (Å²) in [5, 5.41) is 12.3. The third kappa shape index (κ3) is 4.13. The van der Waals surface area contributed by atoms with Gasteiger partial charge in [0.25, 0.3) is 5.91 Å². The number of nitrogens with zero attached hydrogens (tertiary/aromatic N) is 3. The van der Waals surface area contributed by atoms with E-state index in [2.05, 4.69) is 4.90 Å². The number of rotatable bonds is 5. The highest BCUT2D eigenvalue weighted by Gasteiger charge is 2.24. The summed E-state index contributed by atoms with van der Waals surface area (Å²) in [5.74, 6) is 0.0764. The maximum absolute atomic E-state index is 12.8. The molecule has 27 heavy (non-hydrogen) atoms. The SMILES string of the molecule is O=C(c1ccc(-n2cccc2)cc1)N1CCN(CC(O)c2cccs2)CC1. The minimum atomic E-state index is -0.450. The van der Waals surface area contributed by atoms with E-state index >= 15 is 0 Å². The van der Waals surface area contributed by atoms with Crippen LogP contribution in [0.25, 0.3) is 5.69 Å². The van der Waals surface area contributed by atoms with Crippen molar-refractivity contribution in [2.75, 3.05) is 32.7 Å². The van der Waals surface area contributed by atoms with E-state index in [0.29, 0.717) is 19.6 Å². The summed E-state index contributed by atoms with van der Waals surface area (Å²) in [5.41, 5.74) is 1.77. The Bertz CT molecular complexity index is 851. The Balaban J connectivity index is 1.32. The molecule has 0 radical (unpaired) electrons. The van der Waals surface area contributed by atoms with Gasteiger partial charge in [-0.2, -0.15) is 0 Å². The zero-order valence-electron chi connectivity index (χ0n) is 15.1. The first kappa shape index (κ1) is 18.0. The minimum Gasteiger partial charge on any atom is -0.386 e. The van der Waals surface area contributed by atoms with Gasteiger partial charge < -0.3 is 14.6 Å². The van der Waals surface area contributed by atoms with Gasteiger partial charge in [0.2, 0.25) is 0 Å². The summed E-state index contributed by atoms with van der Waals surface area (Å²) < 4.78 is 2.02. The number of hydrogen-bond acceptors (Lipinski definition) is 4. The number of carbonyl (C=O) groups excluding carboxylic acids is 1. The van der Waals surface area contributed by atoms with Crippen molar-refractivity contribution < 1.29 is 9.90 Å². The van der Waals surface area contributed by atoms with Gasteiger partial charge in [-0.25, -0.2) is 0 Å². The fraction of sp³-hybridized carbons (Fsp3) is 0.286. The molecule has 1 N–H and O–H groups in total. The van der Waals surface area contributed by atoms with Crippen molar-refractivity contribution in [3.8, 4) is 5.69 Å². The topological polar surface area (TPSA) is 48.7 Å². The third-order valence-corrected chi connectivity index (χ3v) is 5.95. The molecular weight excluding hydrogens is 358 g/mol. The Morgan fingerprint density at radius 3 is 2.33 bits per heavy atom. The van der Waals surface area contributed by atoms with Gasteiger partial charge in [0, 0.05) is 61.2 Å². The fourth-order valence-electron chi connectivity index (χ4n) is 3.41. The molecule has 1 aliphatic rings. The standard InChI is InChI=1S/C21H23N3O2S/c25-19(20-4-3-15-27-20)16-22-11-13-24(14-12-22)21(26)17-5-7-18(8-6-17)23-9-1-2-10-23/h1-10,15,19,25H,11-14,16H2.